The van der Waals surface area contributed by atoms with Crippen LogP contribution in [0.4, 0.5) is 0 Å². The fourth-order valence-electron chi connectivity index (χ4n) is 3.89. The minimum atomic E-state index is 0.0974. The molecule has 1 aromatic carbocycles. The third-order valence-electron chi connectivity index (χ3n) is 5.60. The number of rotatable bonds is 7. The zero-order valence-corrected chi connectivity index (χ0v) is 16.9. The summed E-state index contributed by atoms with van der Waals surface area (Å²) >= 11 is 0. The van der Waals surface area contributed by atoms with E-state index < -0.39 is 0 Å². The van der Waals surface area contributed by atoms with Crippen molar-refractivity contribution in [3.05, 3.63) is 52.3 Å². The number of hydrogen-bond donors (Lipinski definition) is 1. The number of likely N-dealkylation sites (tertiary alicyclic amines) is 1. The van der Waals surface area contributed by atoms with E-state index in [1.165, 1.54) is 43.5 Å². The van der Waals surface area contributed by atoms with Gasteiger partial charge in [0.25, 0.3) is 5.91 Å². The maximum Gasteiger partial charge on any atom is 0.253 e. The number of aryl methyl sites for hydroxylation is 2. The predicted octanol–water partition coefficient (Wildman–Crippen LogP) is 3.72. The van der Waals surface area contributed by atoms with Crippen LogP contribution in [0.5, 0.6) is 0 Å². The highest BCUT2D eigenvalue weighted by molar-refractivity contribution is 5.94. The molecule has 1 aromatic heterocycles. The van der Waals surface area contributed by atoms with Crippen molar-refractivity contribution in [3.63, 3.8) is 0 Å². The summed E-state index contributed by atoms with van der Waals surface area (Å²) in [5.41, 5.74) is 5.53. The maximum atomic E-state index is 12.7. The molecule has 146 valence electrons. The highest BCUT2D eigenvalue weighted by Crippen LogP contribution is 2.15. The van der Waals surface area contributed by atoms with Gasteiger partial charge in [0.05, 0.1) is 5.69 Å². The third-order valence-corrected chi connectivity index (χ3v) is 5.60. The van der Waals surface area contributed by atoms with Crippen molar-refractivity contribution in [3.8, 4) is 0 Å². The lowest BCUT2D eigenvalue weighted by molar-refractivity contribution is 0.0793. The minimum Gasteiger partial charge on any atom is -0.342 e. The summed E-state index contributed by atoms with van der Waals surface area (Å²) < 4.78 is 0. The third kappa shape index (κ3) is 5.19. The van der Waals surface area contributed by atoms with Gasteiger partial charge < -0.3 is 4.90 Å². The van der Waals surface area contributed by atoms with Crippen molar-refractivity contribution >= 4 is 5.91 Å². The first-order valence-corrected chi connectivity index (χ1v) is 10.1. The Kier molecular flexibility index (Phi) is 6.67. The van der Waals surface area contributed by atoms with Gasteiger partial charge in [0.15, 0.2) is 0 Å². The number of piperidine rings is 1. The molecule has 1 N–H and O–H groups in total. The molecule has 5 nitrogen and oxygen atoms in total. The first-order valence-electron chi connectivity index (χ1n) is 10.1. The van der Waals surface area contributed by atoms with Gasteiger partial charge in [0.1, 0.15) is 0 Å². The van der Waals surface area contributed by atoms with Gasteiger partial charge in [-0.25, -0.2) is 0 Å². The fourth-order valence-corrected chi connectivity index (χ4v) is 3.89. The standard InChI is InChI=1S/C22H32N4O/c1-17-21(18(2)24-23-17)8-7-13-25(3)22(27)20-11-9-19(10-12-20)16-26-14-5-4-6-15-26/h9-12H,4-8,13-16H2,1-3H3,(H,23,24). The molecule has 0 spiro atoms. The van der Waals surface area contributed by atoms with Gasteiger partial charge in [-0.15, -0.1) is 0 Å². The van der Waals surface area contributed by atoms with Gasteiger partial charge in [0.2, 0.25) is 0 Å². The number of carbonyl (C=O) groups is 1. The lowest BCUT2D eigenvalue weighted by atomic mass is 10.1. The SMILES string of the molecule is Cc1n[nH]c(C)c1CCCN(C)C(=O)c1ccc(CN2CCCCC2)cc1. The average molecular weight is 369 g/mol. The fraction of sp³-hybridized carbons (Fsp3) is 0.545. The van der Waals surface area contributed by atoms with E-state index in [1.807, 2.05) is 31.0 Å². The van der Waals surface area contributed by atoms with E-state index in [2.05, 4.69) is 34.2 Å². The molecule has 1 amide bonds. The van der Waals surface area contributed by atoms with Crippen molar-refractivity contribution in [1.82, 2.24) is 20.0 Å². The number of nitrogens with one attached hydrogen (secondary N) is 1. The van der Waals surface area contributed by atoms with Crippen LogP contribution in [0.1, 0.15) is 58.6 Å². The molecule has 1 fully saturated rings. The summed E-state index contributed by atoms with van der Waals surface area (Å²) in [4.78, 5) is 17.0. The smallest absolute Gasteiger partial charge is 0.253 e. The molecule has 0 radical (unpaired) electrons. The molecule has 2 aromatic rings. The second-order valence-corrected chi connectivity index (χ2v) is 7.78. The van der Waals surface area contributed by atoms with Gasteiger partial charge in [-0.3, -0.25) is 14.8 Å². The Bertz CT molecular complexity index is 725. The van der Waals surface area contributed by atoms with Gasteiger partial charge in [-0.05, 0) is 75.9 Å². The summed E-state index contributed by atoms with van der Waals surface area (Å²) in [6.07, 6.45) is 5.85. The number of nitrogens with zero attached hydrogens (tertiary/aromatic N) is 3. The number of hydrogen-bond acceptors (Lipinski definition) is 3. The molecule has 0 unspecified atom stereocenters. The summed E-state index contributed by atoms with van der Waals surface area (Å²) in [5.74, 6) is 0.0974. The van der Waals surface area contributed by atoms with Crippen LogP contribution in [0.25, 0.3) is 0 Å². The molecule has 3 rings (SSSR count). The predicted molar refractivity (Wildman–Crippen MR) is 109 cm³/mol. The van der Waals surface area contributed by atoms with Crippen molar-refractivity contribution in [2.75, 3.05) is 26.7 Å². The number of H-pyrrole nitrogens is 1. The summed E-state index contributed by atoms with van der Waals surface area (Å²) in [6, 6.07) is 8.16. The van der Waals surface area contributed by atoms with Gasteiger partial charge in [-0.1, -0.05) is 18.6 Å². The first kappa shape index (κ1) is 19.6. The summed E-state index contributed by atoms with van der Waals surface area (Å²) in [5, 5.41) is 7.26. The zero-order chi connectivity index (χ0) is 19.2. The van der Waals surface area contributed by atoms with Gasteiger partial charge in [0, 0.05) is 31.4 Å². The highest BCUT2D eigenvalue weighted by Gasteiger charge is 2.14. The van der Waals surface area contributed by atoms with Crippen molar-refractivity contribution in [2.45, 2.75) is 52.5 Å². The normalized spacial score (nSPS) is 15.1. The molecule has 2 heterocycles. The number of amides is 1. The van der Waals surface area contributed by atoms with E-state index in [9.17, 15) is 4.79 Å². The number of benzene rings is 1. The van der Waals surface area contributed by atoms with E-state index in [0.717, 1.165) is 42.9 Å². The molecule has 0 aliphatic carbocycles. The second-order valence-electron chi connectivity index (χ2n) is 7.78. The minimum absolute atomic E-state index is 0.0974. The van der Waals surface area contributed by atoms with Crippen LogP contribution in [0.15, 0.2) is 24.3 Å². The zero-order valence-electron chi connectivity index (χ0n) is 16.9. The quantitative estimate of drug-likeness (QED) is 0.810. The van der Waals surface area contributed by atoms with Gasteiger partial charge >= 0.3 is 0 Å². The molecular formula is C22H32N4O. The number of aromatic amines is 1. The summed E-state index contributed by atoms with van der Waals surface area (Å²) in [6.45, 7) is 8.21. The average Bonchev–Trinajstić information content (AvgIpc) is 3.01. The monoisotopic (exact) mass is 368 g/mol. The Morgan fingerprint density at radius 3 is 2.48 bits per heavy atom. The maximum absolute atomic E-state index is 12.7. The van der Waals surface area contributed by atoms with E-state index in [0.29, 0.717) is 0 Å². The van der Waals surface area contributed by atoms with Crippen LogP contribution in [0, 0.1) is 13.8 Å². The molecular weight excluding hydrogens is 336 g/mol. The topological polar surface area (TPSA) is 52.2 Å². The molecule has 1 saturated heterocycles. The van der Waals surface area contributed by atoms with Crippen LogP contribution >= 0.6 is 0 Å². The molecule has 0 atom stereocenters. The Morgan fingerprint density at radius 1 is 1.15 bits per heavy atom. The molecule has 5 heteroatoms. The number of carbonyl (C=O) groups excluding carboxylic acids is 1. The Morgan fingerprint density at radius 2 is 1.85 bits per heavy atom. The molecule has 1 aliphatic heterocycles. The Hall–Kier alpha value is -2.14. The summed E-state index contributed by atoms with van der Waals surface area (Å²) in [7, 11) is 1.89. The highest BCUT2D eigenvalue weighted by atomic mass is 16.2. The van der Waals surface area contributed by atoms with Crippen molar-refractivity contribution in [2.24, 2.45) is 0 Å². The molecule has 0 bridgehead atoms. The van der Waals surface area contributed by atoms with Crippen LogP contribution in [0.2, 0.25) is 0 Å². The van der Waals surface area contributed by atoms with Crippen LogP contribution in [0.3, 0.4) is 0 Å². The van der Waals surface area contributed by atoms with Crippen LogP contribution in [-0.2, 0) is 13.0 Å². The lowest BCUT2D eigenvalue weighted by Crippen LogP contribution is -2.29. The Labute approximate surface area is 162 Å². The van der Waals surface area contributed by atoms with E-state index in [1.54, 1.807) is 0 Å². The van der Waals surface area contributed by atoms with Gasteiger partial charge in [-0.2, -0.15) is 5.10 Å². The second kappa shape index (κ2) is 9.18. The van der Waals surface area contributed by atoms with E-state index >= 15 is 0 Å². The van der Waals surface area contributed by atoms with Crippen LogP contribution in [-0.4, -0.2) is 52.6 Å². The van der Waals surface area contributed by atoms with Crippen molar-refractivity contribution in [1.29, 1.82) is 0 Å². The van der Waals surface area contributed by atoms with E-state index in [4.69, 9.17) is 0 Å². The van der Waals surface area contributed by atoms with Crippen LogP contribution < -0.4 is 0 Å². The molecule has 27 heavy (non-hydrogen) atoms. The first-order chi connectivity index (χ1) is 13.0. The lowest BCUT2D eigenvalue weighted by Gasteiger charge is -2.26. The Balaban J connectivity index is 1.49. The number of aromatic nitrogens is 2. The molecule has 0 saturated carbocycles. The molecule has 1 aliphatic rings. The van der Waals surface area contributed by atoms with Crippen molar-refractivity contribution < 1.29 is 4.79 Å². The largest absolute Gasteiger partial charge is 0.342 e. The van der Waals surface area contributed by atoms with E-state index in [-0.39, 0.29) is 5.91 Å².